The zero-order valence-corrected chi connectivity index (χ0v) is 19.7. The van der Waals surface area contributed by atoms with Gasteiger partial charge in [0.2, 0.25) is 0 Å². The molecule has 0 radical (unpaired) electrons. The number of allylic oxidation sites excluding steroid dienone is 2. The van der Waals surface area contributed by atoms with E-state index in [-0.39, 0.29) is 30.5 Å². The molecule has 0 saturated heterocycles. The van der Waals surface area contributed by atoms with Crippen LogP contribution in [0.3, 0.4) is 0 Å². The summed E-state index contributed by atoms with van der Waals surface area (Å²) in [7, 11) is 1.37. The molecule has 0 fully saturated rings. The fourth-order valence-electron chi connectivity index (χ4n) is 3.84. The lowest BCUT2D eigenvalue weighted by molar-refractivity contribution is -0.164. The molecule has 0 aromatic carbocycles. The number of carbonyl (C=O) groups excluding carboxylic acids is 2. The predicted molar refractivity (Wildman–Crippen MR) is 119 cm³/mol. The molecule has 1 rings (SSSR count). The molecule has 1 aliphatic heterocycles. The van der Waals surface area contributed by atoms with Crippen LogP contribution in [0.15, 0.2) is 23.8 Å². The largest absolute Gasteiger partial charge is 0.481 e. The molecule has 182 valence electrons. The first kappa shape index (κ1) is 28.0. The van der Waals surface area contributed by atoms with Gasteiger partial charge < -0.3 is 24.8 Å². The SMILES string of the molecule is CO[C@H](CC(=O)O)CC(=O)[C@H](C)/C=C(\C)[C@H]1OC(=O)[C@H](O)[C@H](O)/C=C/[C@H](C)CCC[C@@H]1C. The molecule has 3 N–H and O–H groups in total. The second-order valence-electron chi connectivity index (χ2n) is 8.89. The van der Waals surface area contributed by atoms with Gasteiger partial charge in [-0.3, -0.25) is 9.59 Å². The minimum atomic E-state index is -1.70. The number of esters is 1. The smallest absolute Gasteiger partial charge is 0.338 e. The van der Waals surface area contributed by atoms with Gasteiger partial charge in [0.15, 0.2) is 6.10 Å². The number of methoxy groups -OCH3 is 1. The first-order valence-electron chi connectivity index (χ1n) is 11.2. The minimum absolute atomic E-state index is 0.0388. The molecule has 8 heteroatoms. The number of carbonyl (C=O) groups is 3. The Morgan fingerprint density at radius 2 is 1.88 bits per heavy atom. The number of ether oxygens (including phenoxy) is 2. The molecular weight excluding hydrogens is 416 g/mol. The van der Waals surface area contributed by atoms with Gasteiger partial charge in [0.05, 0.1) is 12.5 Å². The lowest BCUT2D eigenvalue weighted by Crippen LogP contribution is -2.38. The van der Waals surface area contributed by atoms with Gasteiger partial charge in [0, 0.05) is 19.4 Å². The molecule has 8 nitrogen and oxygen atoms in total. The number of hydrogen-bond donors (Lipinski definition) is 3. The van der Waals surface area contributed by atoms with E-state index in [1.54, 1.807) is 26.0 Å². The maximum Gasteiger partial charge on any atom is 0.338 e. The van der Waals surface area contributed by atoms with Crippen LogP contribution in [0.25, 0.3) is 0 Å². The summed E-state index contributed by atoms with van der Waals surface area (Å²) in [5.74, 6) is -2.53. The standard InChI is InChI=1S/C24H38O8/c1-14-7-6-8-15(2)23(32-24(30)22(29)19(25)10-9-14)17(4)11-16(3)20(26)12-18(31-5)13-21(27)28/h9-11,14-16,18-19,22-23,25,29H,6-8,12-13H2,1-5H3,(H,27,28)/b10-9+,17-11+/t14-,15+,16-,18+,19-,22-,23+/m1/s1. The van der Waals surface area contributed by atoms with Crippen LogP contribution in [0, 0.1) is 17.8 Å². The Balaban J connectivity index is 3.01. The third-order valence-corrected chi connectivity index (χ3v) is 5.91. The monoisotopic (exact) mass is 454 g/mol. The second-order valence-corrected chi connectivity index (χ2v) is 8.89. The predicted octanol–water partition coefficient (Wildman–Crippen LogP) is 2.66. The van der Waals surface area contributed by atoms with Gasteiger partial charge in [0.1, 0.15) is 18.0 Å². The summed E-state index contributed by atoms with van der Waals surface area (Å²) >= 11 is 0. The molecule has 0 aromatic rings. The topological polar surface area (TPSA) is 130 Å². The fourth-order valence-corrected chi connectivity index (χ4v) is 3.84. The Hall–Kier alpha value is -2.03. The Labute approximate surface area is 190 Å². The number of ketones is 1. The van der Waals surface area contributed by atoms with Crippen molar-refractivity contribution in [2.75, 3.05) is 7.11 Å². The second kappa shape index (κ2) is 13.5. The van der Waals surface area contributed by atoms with E-state index in [4.69, 9.17) is 14.6 Å². The number of rotatable bonds is 8. The third-order valence-electron chi connectivity index (χ3n) is 5.91. The molecule has 0 saturated carbocycles. The highest BCUT2D eigenvalue weighted by Gasteiger charge is 2.31. The van der Waals surface area contributed by atoms with Crippen molar-refractivity contribution in [1.29, 1.82) is 0 Å². The number of cyclic esters (lactones) is 1. The van der Waals surface area contributed by atoms with E-state index in [1.165, 1.54) is 13.2 Å². The van der Waals surface area contributed by atoms with Crippen LogP contribution in [-0.2, 0) is 23.9 Å². The van der Waals surface area contributed by atoms with Gasteiger partial charge in [-0.25, -0.2) is 4.79 Å². The quantitative estimate of drug-likeness (QED) is 0.377. The zero-order valence-electron chi connectivity index (χ0n) is 19.7. The molecule has 1 heterocycles. The number of carboxylic acid groups (broad SMARTS) is 1. The first-order chi connectivity index (χ1) is 15.0. The van der Waals surface area contributed by atoms with E-state index in [0.29, 0.717) is 5.57 Å². The van der Waals surface area contributed by atoms with Crippen LogP contribution in [0.2, 0.25) is 0 Å². The van der Waals surface area contributed by atoms with Crippen molar-refractivity contribution in [3.05, 3.63) is 23.8 Å². The Kier molecular flexibility index (Phi) is 11.8. The Morgan fingerprint density at radius 1 is 1.22 bits per heavy atom. The van der Waals surface area contributed by atoms with Gasteiger partial charge in [0.25, 0.3) is 0 Å². The summed E-state index contributed by atoms with van der Waals surface area (Å²) in [4.78, 5) is 36.0. The average Bonchev–Trinajstić information content (AvgIpc) is 2.72. The lowest BCUT2D eigenvalue weighted by Gasteiger charge is -2.28. The van der Waals surface area contributed by atoms with Crippen molar-refractivity contribution in [2.24, 2.45) is 17.8 Å². The van der Waals surface area contributed by atoms with E-state index in [2.05, 4.69) is 0 Å². The number of hydrogen-bond acceptors (Lipinski definition) is 7. The van der Waals surface area contributed by atoms with Crippen molar-refractivity contribution >= 4 is 17.7 Å². The molecule has 32 heavy (non-hydrogen) atoms. The highest BCUT2D eigenvalue weighted by Crippen LogP contribution is 2.26. The molecule has 0 unspecified atom stereocenters. The molecule has 0 amide bonds. The Bertz CT molecular complexity index is 698. The number of aliphatic hydroxyl groups excluding tert-OH is 2. The molecule has 0 aromatic heterocycles. The number of aliphatic hydroxyl groups is 2. The first-order valence-corrected chi connectivity index (χ1v) is 11.2. The van der Waals surface area contributed by atoms with Crippen molar-refractivity contribution < 1.29 is 39.2 Å². The molecule has 0 aliphatic carbocycles. The average molecular weight is 455 g/mol. The van der Waals surface area contributed by atoms with Gasteiger partial charge in [-0.05, 0) is 37.2 Å². The molecule has 0 spiro atoms. The van der Waals surface area contributed by atoms with Crippen LogP contribution in [0.1, 0.15) is 59.8 Å². The fraction of sp³-hybridized carbons (Fsp3) is 0.708. The summed E-state index contributed by atoms with van der Waals surface area (Å²) in [5, 5.41) is 29.2. The van der Waals surface area contributed by atoms with Crippen LogP contribution in [0.4, 0.5) is 0 Å². The maximum absolute atomic E-state index is 12.6. The number of Topliss-reactive ketones (excluding diaryl/α,β-unsaturated/α-hetero) is 1. The van der Waals surface area contributed by atoms with Gasteiger partial charge >= 0.3 is 11.9 Å². The summed E-state index contributed by atoms with van der Waals surface area (Å²) < 4.78 is 10.7. The summed E-state index contributed by atoms with van der Waals surface area (Å²) in [6.45, 7) is 7.43. The van der Waals surface area contributed by atoms with E-state index in [9.17, 15) is 24.6 Å². The summed E-state index contributed by atoms with van der Waals surface area (Å²) in [6, 6.07) is 0. The Morgan fingerprint density at radius 3 is 2.47 bits per heavy atom. The molecule has 7 atom stereocenters. The van der Waals surface area contributed by atoms with E-state index in [0.717, 1.165) is 19.3 Å². The normalized spacial score (nSPS) is 30.9. The minimum Gasteiger partial charge on any atom is -0.481 e. The molecular formula is C24H38O8. The molecule has 0 bridgehead atoms. The van der Waals surface area contributed by atoms with Gasteiger partial charge in [-0.2, -0.15) is 0 Å². The third kappa shape index (κ3) is 9.22. The van der Waals surface area contributed by atoms with Crippen molar-refractivity contribution in [2.45, 2.75) is 84.2 Å². The summed E-state index contributed by atoms with van der Waals surface area (Å²) in [5.41, 5.74) is 0.668. The van der Waals surface area contributed by atoms with Crippen molar-refractivity contribution in [3.8, 4) is 0 Å². The summed E-state index contributed by atoms with van der Waals surface area (Å²) in [6.07, 6.45) is 2.78. The van der Waals surface area contributed by atoms with Crippen LogP contribution in [0.5, 0.6) is 0 Å². The zero-order chi connectivity index (χ0) is 24.4. The van der Waals surface area contributed by atoms with E-state index >= 15 is 0 Å². The van der Waals surface area contributed by atoms with E-state index < -0.39 is 42.3 Å². The molecule has 1 aliphatic rings. The van der Waals surface area contributed by atoms with Crippen molar-refractivity contribution in [1.82, 2.24) is 0 Å². The van der Waals surface area contributed by atoms with Crippen LogP contribution < -0.4 is 0 Å². The van der Waals surface area contributed by atoms with Crippen LogP contribution >= 0.6 is 0 Å². The highest BCUT2D eigenvalue weighted by atomic mass is 16.6. The number of carboxylic acids is 1. The van der Waals surface area contributed by atoms with Gasteiger partial charge in [-0.1, -0.05) is 45.4 Å². The number of aliphatic carboxylic acids is 1. The highest BCUT2D eigenvalue weighted by molar-refractivity contribution is 5.83. The van der Waals surface area contributed by atoms with Crippen LogP contribution in [-0.4, -0.2) is 64.6 Å². The maximum atomic E-state index is 12.6. The van der Waals surface area contributed by atoms with E-state index in [1.807, 2.05) is 13.8 Å². The van der Waals surface area contributed by atoms with Crippen molar-refractivity contribution in [3.63, 3.8) is 0 Å². The van der Waals surface area contributed by atoms with Gasteiger partial charge in [-0.15, -0.1) is 0 Å². The lowest BCUT2D eigenvalue weighted by atomic mass is 9.88.